The number of hydrogen-bond acceptors (Lipinski definition) is 6. The zero-order chi connectivity index (χ0) is 26.8. The van der Waals surface area contributed by atoms with E-state index in [0.717, 1.165) is 23.1 Å². The van der Waals surface area contributed by atoms with Crippen molar-refractivity contribution in [1.29, 1.82) is 0 Å². The standard InChI is InChI=1S/C24H23F3N4O5S/c25-24(26,27)16-5-1-4-15(12-16)9-11-29-37(35,36)18-7-2-6-17(13-18)30-19-14-21(32)31(23(19)34)20-8-3-10-28-22(20)33/h1-2,4-7,12-14,20,29-30H,3,8-11H2,(H,28,33). The number of alkyl halides is 3. The lowest BCUT2D eigenvalue weighted by Crippen LogP contribution is -2.53. The Morgan fingerprint density at radius 3 is 2.54 bits per heavy atom. The minimum Gasteiger partial charge on any atom is -0.354 e. The van der Waals surface area contributed by atoms with Gasteiger partial charge in [-0.1, -0.05) is 24.3 Å². The molecule has 3 N–H and O–H groups in total. The first-order valence-electron chi connectivity index (χ1n) is 11.4. The molecular formula is C24H23F3N4O5S. The van der Waals surface area contributed by atoms with Crippen LogP contribution < -0.4 is 15.4 Å². The van der Waals surface area contributed by atoms with Crippen molar-refractivity contribution in [3.05, 3.63) is 71.4 Å². The van der Waals surface area contributed by atoms with E-state index in [1.807, 2.05) is 0 Å². The number of sulfonamides is 1. The van der Waals surface area contributed by atoms with Crippen molar-refractivity contribution in [2.75, 3.05) is 18.4 Å². The maximum atomic E-state index is 12.9. The van der Waals surface area contributed by atoms with Gasteiger partial charge < -0.3 is 10.6 Å². The number of nitrogens with zero attached hydrogens (tertiary/aromatic N) is 1. The summed E-state index contributed by atoms with van der Waals surface area (Å²) in [7, 11) is -4.03. The van der Waals surface area contributed by atoms with E-state index >= 15 is 0 Å². The SMILES string of the molecule is O=C1NCCCC1N1C(=O)C=C(Nc2cccc(S(=O)(=O)NCCc3cccc(C(F)(F)F)c3)c2)C1=O. The first-order chi connectivity index (χ1) is 17.5. The van der Waals surface area contributed by atoms with Crippen molar-refractivity contribution in [2.24, 2.45) is 0 Å². The zero-order valence-corrected chi connectivity index (χ0v) is 20.2. The molecule has 0 saturated carbocycles. The number of piperidine rings is 1. The van der Waals surface area contributed by atoms with Gasteiger partial charge in [-0.3, -0.25) is 19.3 Å². The van der Waals surface area contributed by atoms with E-state index in [4.69, 9.17) is 0 Å². The molecule has 0 radical (unpaired) electrons. The van der Waals surface area contributed by atoms with E-state index in [2.05, 4.69) is 15.4 Å². The second kappa shape index (κ2) is 10.3. The van der Waals surface area contributed by atoms with Gasteiger partial charge in [-0.15, -0.1) is 0 Å². The van der Waals surface area contributed by atoms with Crippen LogP contribution in [0.2, 0.25) is 0 Å². The summed E-state index contributed by atoms with van der Waals surface area (Å²) in [5.74, 6) is -1.75. The Balaban J connectivity index is 1.40. The highest BCUT2D eigenvalue weighted by molar-refractivity contribution is 7.89. The Labute approximate surface area is 210 Å². The molecule has 196 valence electrons. The average Bonchev–Trinajstić information content (AvgIpc) is 3.11. The van der Waals surface area contributed by atoms with Crippen molar-refractivity contribution >= 4 is 33.4 Å². The van der Waals surface area contributed by atoms with E-state index in [9.17, 15) is 36.0 Å². The molecule has 1 fully saturated rings. The van der Waals surface area contributed by atoms with Crippen molar-refractivity contribution in [3.8, 4) is 0 Å². The number of benzene rings is 2. The normalized spacial score (nSPS) is 18.6. The molecule has 0 spiro atoms. The Bertz CT molecular complexity index is 1370. The maximum Gasteiger partial charge on any atom is 0.416 e. The van der Waals surface area contributed by atoms with E-state index in [-0.39, 0.29) is 29.2 Å². The van der Waals surface area contributed by atoms with Crippen LogP contribution in [0.1, 0.15) is 24.0 Å². The summed E-state index contributed by atoms with van der Waals surface area (Å²) in [5.41, 5.74) is -0.386. The summed E-state index contributed by atoms with van der Waals surface area (Å²) in [6, 6.07) is 9.22. The van der Waals surface area contributed by atoms with Gasteiger partial charge in [0.2, 0.25) is 15.9 Å². The molecule has 2 aromatic rings. The highest BCUT2D eigenvalue weighted by Crippen LogP contribution is 2.29. The van der Waals surface area contributed by atoms with Crippen LogP contribution in [0.3, 0.4) is 0 Å². The largest absolute Gasteiger partial charge is 0.416 e. The summed E-state index contributed by atoms with van der Waals surface area (Å²) in [4.78, 5) is 38.0. The quantitative estimate of drug-likeness (QED) is 0.445. The lowest BCUT2D eigenvalue weighted by atomic mass is 10.1. The highest BCUT2D eigenvalue weighted by Gasteiger charge is 2.41. The van der Waals surface area contributed by atoms with E-state index < -0.39 is 45.5 Å². The molecule has 2 heterocycles. The summed E-state index contributed by atoms with van der Waals surface area (Å²) < 4.78 is 66.5. The summed E-state index contributed by atoms with van der Waals surface area (Å²) >= 11 is 0. The molecule has 13 heteroatoms. The van der Waals surface area contributed by atoms with Gasteiger partial charge in [0.05, 0.1) is 10.5 Å². The Morgan fingerprint density at radius 1 is 1.05 bits per heavy atom. The monoisotopic (exact) mass is 536 g/mol. The molecule has 2 aliphatic heterocycles. The minimum atomic E-state index is -4.50. The number of nitrogens with one attached hydrogen (secondary N) is 3. The molecule has 2 aliphatic rings. The maximum absolute atomic E-state index is 12.9. The van der Waals surface area contributed by atoms with Gasteiger partial charge in [-0.05, 0) is 49.1 Å². The molecule has 9 nitrogen and oxygen atoms in total. The number of amides is 3. The molecule has 0 aliphatic carbocycles. The number of rotatable bonds is 8. The molecule has 0 bridgehead atoms. The average molecular weight is 537 g/mol. The number of anilines is 1. The van der Waals surface area contributed by atoms with Crippen molar-refractivity contribution in [2.45, 2.75) is 36.4 Å². The molecule has 37 heavy (non-hydrogen) atoms. The van der Waals surface area contributed by atoms with Crippen LogP contribution in [0.5, 0.6) is 0 Å². The van der Waals surface area contributed by atoms with Crippen molar-refractivity contribution in [1.82, 2.24) is 14.9 Å². The number of halogens is 3. The third kappa shape index (κ3) is 6.00. The van der Waals surface area contributed by atoms with Crippen LogP contribution in [-0.2, 0) is 37.0 Å². The number of carbonyl (C=O) groups excluding carboxylic acids is 3. The van der Waals surface area contributed by atoms with Crippen LogP contribution in [0.4, 0.5) is 18.9 Å². The van der Waals surface area contributed by atoms with Crippen LogP contribution in [0.25, 0.3) is 0 Å². The lowest BCUT2D eigenvalue weighted by molar-refractivity contribution is -0.146. The third-order valence-electron chi connectivity index (χ3n) is 5.91. The molecule has 1 saturated heterocycles. The first kappa shape index (κ1) is 26.4. The Hall–Kier alpha value is -3.71. The fraction of sp³-hybridized carbons (Fsp3) is 0.292. The smallest absolute Gasteiger partial charge is 0.354 e. The third-order valence-corrected chi connectivity index (χ3v) is 7.36. The summed E-state index contributed by atoms with van der Waals surface area (Å²) in [6.07, 6.45) is -2.43. The topological polar surface area (TPSA) is 125 Å². The number of hydrogen-bond donors (Lipinski definition) is 3. The first-order valence-corrected chi connectivity index (χ1v) is 12.8. The Morgan fingerprint density at radius 2 is 1.81 bits per heavy atom. The fourth-order valence-electron chi connectivity index (χ4n) is 4.08. The van der Waals surface area contributed by atoms with E-state index in [1.165, 1.54) is 36.4 Å². The fourth-order valence-corrected chi connectivity index (χ4v) is 5.16. The number of imide groups is 1. The van der Waals surface area contributed by atoms with Crippen molar-refractivity contribution < 1.29 is 36.0 Å². The zero-order valence-electron chi connectivity index (χ0n) is 19.3. The Kier molecular flexibility index (Phi) is 7.37. The highest BCUT2D eigenvalue weighted by atomic mass is 32.2. The van der Waals surface area contributed by atoms with Gasteiger partial charge in [0, 0.05) is 24.9 Å². The van der Waals surface area contributed by atoms with Crippen LogP contribution in [-0.4, -0.2) is 50.2 Å². The molecule has 0 aromatic heterocycles. The molecule has 1 atom stereocenters. The van der Waals surface area contributed by atoms with Crippen LogP contribution in [0, 0.1) is 0 Å². The van der Waals surface area contributed by atoms with Gasteiger partial charge in [-0.2, -0.15) is 13.2 Å². The minimum absolute atomic E-state index is 0.0369. The van der Waals surface area contributed by atoms with Crippen LogP contribution in [0.15, 0.2) is 65.2 Å². The molecule has 2 aromatic carbocycles. The second-order valence-corrected chi connectivity index (χ2v) is 10.3. The lowest BCUT2D eigenvalue weighted by Gasteiger charge is -2.28. The summed E-state index contributed by atoms with van der Waals surface area (Å²) in [6.45, 7) is 0.331. The van der Waals surface area contributed by atoms with E-state index in [0.29, 0.717) is 24.9 Å². The van der Waals surface area contributed by atoms with Gasteiger partial charge in [0.1, 0.15) is 11.7 Å². The van der Waals surface area contributed by atoms with Gasteiger partial charge in [0.15, 0.2) is 0 Å². The van der Waals surface area contributed by atoms with E-state index in [1.54, 1.807) is 0 Å². The predicted molar refractivity (Wildman–Crippen MR) is 126 cm³/mol. The summed E-state index contributed by atoms with van der Waals surface area (Å²) in [5, 5.41) is 5.36. The number of carbonyl (C=O) groups is 3. The molecular weight excluding hydrogens is 513 g/mol. The van der Waals surface area contributed by atoms with Crippen LogP contribution >= 0.6 is 0 Å². The van der Waals surface area contributed by atoms with Gasteiger partial charge in [-0.25, -0.2) is 13.1 Å². The molecule has 1 unspecified atom stereocenters. The van der Waals surface area contributed by atoms with Crippen molar-refractivity contribution in [3.63, 3.8) is 0 Å². The van der Waals surface area contributed by atoms with Gasteiger partial charge in [0.25, 0.3) is 11.8 Å². The predicted octanol–water partition coefficient (Wildman–Crippen LogP) is 2.17. The second-order valence-electron chi connectivity index (χ2n) is 8.52. The van der Waals surface area contributed by atoms with Gasteiger partial charge >= 0.3 is 6.18 Å². The molecule has 4 rings (SSSR count). The molecule has 3 amide bonds.